The van der Waals surface area contributed by atoms with Gasteiger partial charge in [0.15, 0.2) is 9.84 Å². The minimum atomic E-state index is -3.56. The first-order valence-corrected chi connectivity index (χ1v) is 11.5. The SMILES string of the molecule is CCc1nc(N2CCC(CCCOc3ccc(S(C)(=O)=O)c(F)c3)CC2)no1. The van der Waals surface area contributed by atoms with Crippen molar-refractivity contribution >= 4 is 15.8 Å². The number of hydrogen-bond acceptors (Lipinski definition) is 7. The Morgan fingerprint density at radius 1 is 1.32 bits per heavy atom. The first-order chi connectivity index (χ1) is 13.4. The quantitative estimate of drug-likeness (QED) is 0.616. The van der Waals surface area contributed by atoms with Gasteiger partial charge in [0, 0.05) is 31.8 Å². The molecule has 0 radical (unpaired) electrons. The Morgan fingerprint density at radius 2 is 2.07 bits per heavy atom. The average molecular weight is 411 g/mol. The lowest BCUT2D eigenvalue weighted by molar-refractivity contribution is 0.277. The van der Waals surface area contributed by atoms with Crippen LogP contribution < -0.4 is 9.64 Å². The molecule has 2 aromatic rings. The summed E-state index contributed by atoms with van der Waals surface area (Å²) in [6, 6.07) is 3.87. The monoisotopic (exact) mass is 411 g/mol. The number of benzene rings is 1. The van der Waals surface area contributed by atoms with Crippen molar-refractivity contribution < 1.29 is 22.1 Å². The van der Waals surface area contributed by atoms with E-state index in [-0.39, 0.29) is 4.90 Å². The highest BCUT2D eigenvalue weighted by molar-refractivity contribution is 7.90. The Labute approximate surface area is 164 Å². The molecule has 0 aliphatic carbocycles. The Hall–Kier alpha value is -2.16. The Kier molecular flexibility index (Phi) is 6.53. The summed E-state index contributed by atoms with van der Waals surface area (Å²) in [4.78, 5) is 6.22. The topological polar surface area (TPSA) is 85.5 Å². The molecule has 9 heteroatoms. The molecule has 0 bridgehead atoms. The predicted octanol–water partition coefficient (Wildman–Crippen LogP) is 3.25. The lowest BCUT2D eigenvalue weighted by Crippen LogP contribution is -2.34. The van der Waals surface area contributed by atoms with Gasteiger partial charge in [-0.2, -0.15) is 4.98 Å². The zero-order valence-corrected chi connectivity index (χ0v) is 17.0. The number of aryl methyl sites for hydroxylation is 1. The van der Waals surface area contributed by atoms with Gasteiger partial charge in [0.25, 0.3) is 5.95 Å². The number of anilines is 1. The summed E-state index contributed by atoms with van der Waals surface area (Å²) < 4.78 is 47.5. The Morgan fingerprint density at radius 3 is 2.68 bits per heavy atom. The number of piperidine rings is 1. The number of aromatic nitrogens is 2. The van der Waals surface area contributed by atoms with Gasteiger partial charge >= 0.3 is 0 Å². The van der Waals surface area contributed by atoms with Crippen molar-refractivity contribution in [3.05, 3.63) is 29.9 Å². The summed E-state index contributed by atoms with van der Waals surface area (Å²) >= 11 is 0. The van der Waals surface area contributed by atoms with Gasteiger partial charge in [0.2, 0.25) is 5.89 Å². The fourth-order valence-corrected chi connectivity index (χ4v) is 4.10. The molecule has 0 saturated carbocycles. The molecule has 1 fully saturated rings. The number of ether oxygens (including phenoxy) is 1. The van der Waals surface area contributed by atoms with Crippen LogP contribution in [0.25, 0.3) is 0 Å². The van der Waals surface area contributed by atoms with E-state index in [2.05, 4.69) is 15.0 Å². The fourth-order valence-electron chi connectivity index (χ4n) is 3.37. The fraction of sp³-hybridized carbons (Fsp3) is 0.579. The average Bonchev–Trinajstić information content (AvgIpc) is 3.14. The number of sulfone groups is 1. The summed E-state index contributed by atoms with van der Waals surface area (Å²) in [5.41, 5.74) is 0. The van der Waals surface area contributed by atoms with Gasteiger partial charge in [0.05, 0.1) is 6.61 Å². The van der Waals surface area contributed by atoms with E-state index in [9.17, 15) is 12.8 Å². The van der Waals surface area contributed by atoms with Crippen molar-refractivity contribution in [3.8, 4) is 5.75 Å². The highest BCUT2D eigenvalue weighted by Gasteiger charge is 2.22. The maximum absolute atomic E-state index is 13.9. The standard InChI is InChI=1S/C19H26FN3O4S/c1-3-18-21-19(22-27-18)23-10-8-14(9-11-23)5-4-12-26-15-6-7-17(16(20)13-15)28(2,24)25/h6-7,13-14H,3-5,8-12H2,1-2H3. The van der Waals surface area contributed by atoms with Crippen LogP contribution >= 0.6 is 0 Å². The molecule has 0 N–H and O–H groups in total. The summed E-state index contributed by atoms with van der Waals surface area (Å²) in [6.45, 7) is 4.28. The summed E-state index contributed by atoms with van der Waals surface area (Å²) in [5.74, 6) is 1.53. The molecule has 154 valence electrons. The molecule has 0 unspecified atom stereocenters. The molecule has 2 heterocycles. The molecule has 1 aliphatic rings. The van der Waals surface area contributed by atoms with Gasteiger partial charge < -0.3 is 14.2 Å². The van der Waals surface area contributed by atoms with Crippen molar-refractivity contribution in [3.63, 3.8) is 0 Å². The molecule has 28 heavy (non-hydrogen) atoms. The molecule has 3 rings (SSSR count). The smallest absolute Gasteiger partial charge is 0.266 e. The highest BCUT2D eigenvalue weighted by Crippen LogP contribution is 2.25. The maximum atomic E-state index is 13.9. The van der Waals surface area contributed by atoms with E-state index < -0.39 is 15.7 Å². The van der Waals surface area contributed by atoms with Crippen LogP contribution in [0.15, 0.2) is 27.6 Å². The highest BCUT2D eigenvalue weighted by atomic mass is 32.2. The number of nitrogens with zero attached hydrogens (tertiary/aromatic N) is 3. The van der Waals surface area contributed by atoms with E-state index in [4.69, 9.17) is 9.26 Å². The van der Waals surface area contributed by atoms with Gasteiger partial charge in [0.1, 0.15) is 16.5 Å². The van der Waals surface area contributed by atoms with E-state index in [1.54, 1.807) is 0 Å². The number of halogens is 1. The second kappa shape index (κ2) is 8.89. The van der Waals surface area contributed by atoms with E-state index >= 15 is 0 Å². The second-order valence-corrected chi connectivity index (χ2v) is 9.11. The Bertz CT molecular complexity index is 892. The van der Waals surface area contributed by atoms with Gasteiger partial charge in [-0.15, -0.1) is 0 Å². The van der Waals surface area contributed by atoms with Crippen LogP contribution in [0.4, 0.5) is 10.3 Å². The van der Waals surface area contributed by atoms with E-state index in [1.807, 2.05) is 6.92 Å². The van der Waals surface area contributed by atoms with Crippen molar-refractivity contribution in [1.29, 1.82) is 0 Å². The lowest BCUT2D eigenvalue weighted by Gasteiger charge is -2.30. The minimum Gasteiger partial charge on any atom is -0.493 e. The molecule has 0 amide bonds. The first-order valence-electron chi connectivity index (χ1n) is 9.56. The van der Waals surface area contributed by atoms with Crippen LogP contribution in [0, 0.1) is 11.7 Å². The normalized spacial score (nSPS) is 15.8. The van der Waals surface area contributed by atoms with Crippen LogP contribution in [-0.4, -0.2) is 44.5 Å². The molecule has 1 aliphatic heterocycles. The summed E-state index contributed by atoms with van der Waals surface area (Å²) in [6.07, 6.45) is 5.75. The van der Waals surface area contributed by atoms with Crippen LogP contribution in [0.2, 0.25) is 0 Å². The number of rotatable bonds is 8. The third-order valence-corrected chi connectivity index (χ3v) is 6.12. The van der Waals surface area contributed by atoms with Crippen molar-refractivity contribution in [2.45, 2.75) is 43.9 Å². The molecule has 1 saturated heterocycles. The zero-order valence-electron chi connectivity index (χ0n) is 16.2. The lowest BCUT2D eigenvalue weighted by atomic mass is 9.92. The molecule has 0 spiro atoms. The minimum absolute atomic E-state index is 0.306. The van der Waals surface area contributed by atoms with Gasteiger partial charge in [-0.25, -0.2) is 12.8 Å². The van der Waals surface area contributed by atoms with Crippen molar-refractivity contribution in [1.82, 2.24) is 10.1 Å². The Balaban J connectivity index is 1.39. The molecule has 7 nitrogen and oxygen atoms in total. The van der Waals surface area contributed by atoms with Gasteiger partial charge in [-0.1, -0.05) is 6.92 Å². The predicted molar refractivity (Wildman–Crippen MR) is 103 cm³/mol. The van der Waals surface area contributed by atoms with Crippen molar-refractivity contribution in [2.24, 2.45) is 5.92 Å². The van der Waals surface area contributed by atoms with Gasteiger partial charge in [-0.05, 0) is 48.9 Å². The molecule has 1 aromatic heterocycles. The number of hydrogen-bond donors (Lipinski definition) is 0. The van der Waals surface area contributed by atoms with E-state index in [1.165, 1.54) is 12.1 Å². The van der Waals surface area contributed by atoms with E-state index in [0.29, 0.717) is 30.1 Å². The molecular weight excluding hydrogens is 385 g/mol. The first kappa shape index (κ1) is 20.6. The van der Waals surface area contributed by atoms with Crippen LogP contribution in [-0.2, 0) is 16.3 Å². The molecule has 1 aromatic carbocycles. The molecule has 0 atom stereocenters. The largest absolute Gasteiger partial charge is 0.493 e. The zero-order chi connectivity index (χ0) is 20.1. The van der Waals surface area contributed by atoms with Crippen LogP contribution in [0.1, 0.15) is 38.5 Å². The summed E-state index contributed by atoms with van der Waals surface area (Å²) in [7, 11) is -3.56. The van der Waals surface area contributed by atoms with Crippen LogP contribution in [0.3, 0.4) is 0 Å². The van der Waals surface area contributed by atoms with E-state index in [0.717, 1.165) is 57.5 Å². The maximum Gasteiger partial charge on any atom is 0.266 e. The second-order valence-electron chi connectivity index (χ2n) is 7.13. The van der Waals surface area contributed by atoms with Crippen molar-refractivity contribution in [2.75, 3.05) is 30.9 Å². The molecular formula is C19H26FN3O4S. The third-order valence-electron chi connectivity index (χ3n) is 4.99. The summed E-state index contributed by atoms with van der Waals surface area (Å²) in [5, 5.41) is 4.02. The third kappa shape index (κ3) is 5.21. The van der Waals surface area contributed by atoms with Gasteiger partial charge in [-0.3, -0.25) is 0 Å². The van der Waals surface area contributed by atoms with Crippen LogP contribution in [0.5, 0.6) is 5.75 Å².